The summed E-state index contributed by atoms with van der Waals surface area (Å²) in [5.41, 5.74) is -0.779. The van der Waals surface area contributed by atoms with Gasteiger partial charge < -0.3 is 19.1 Å². The lowest BCUT2D eigenvalue weighted by molar-refractivity contribution is -0.138. The molecule has 2 aliphatic heterocycles. The summed E-state index contributed by atoms with van der Waals surface area (Å²) in [6.45, 7) is 3.08. The lowest BCUT2D eigenvalue weighted by atomic mass is 9.96. The third-order valence-electron chi connectivity index (χ3n) is 6.00. The molecular weight excluding hydrogens is 425 g/mol. The van der Waals surface area contributed by atoms with E-state index in [1.807, 2.05) is 4.90 Å². The molecule has 2 aromatic rings. The summed E-state index contributed by atoms with van der Waals surface area (Å²) >= 11 is 0. The van der Waals surface area contributed by atoms with E-state index in [9.17, 15) is 22.8 Å². The van der Waals surface area contributed by atoms with Gasteiger partial charge in [0.05, 0.1) is 17.7 Å². The number of pyridine rings is 1. The highest BCUT2D eigenvalue weighted by Crippen LogP contribution is 2.29. The van der Waals surface area contributed by atoms with Gasteiger partial charge in [0, 0.05) is 45.5 Å². The Hall–Kier alpha value is -3.04. The zero-order chi connectivity index (χ0) is 22.7. The molecule has 172 valence electrons. The Morgan fingerprint density at radius 2 is 1.81 bits per heavy atom. The Labute approximate surface area is 183 Å². The Bertz CT molecular complexity index is 931. The van der Waals surface area contributed by atoms with E-state index in [-0.39, 0.29) is 23.5 Å². The van der Waals surface area contributed by atoms with Crippen LogP contribution >= 0.6 is 0 Å². The smallest absolute Gasteiger partial charge is 0.417 e. The number of furan rings is 1. The molecular formula is C22H25F3N4O3. The van der Waals surface area contributed by atoms with Crippen molar-refractivity contribution >= 4 is 17.6 Å². The molecule has 0 saturated carbocycles. The van der Waals surface area contributed by atoms with Crippen LogP contribution in [0.25, 0.3) is 0 Å². The van der Waals surface area contributed by atoms with Gasteiger partial charge in [-0.3, -0.25) is 9.59 Å². The Morgan fingerprint density at radius 1 is 1.00 bits per heavy atom. The van der Waals surface area contributed by atoms with Crippen LogP contribution < -0.4 is 4.90 Å². The maximum atomic E-state index is 13.2. The summed E-state index contributed by atoms with van der Waals surface area (Å²) in [4.78, 5) is 35.1. The molecule has 0 N–H and O–H groups in total. The molecule has 10 heteroatoms. The second-order valence-corrected chi connectivity index (χ2v) is 8.14. The number of nitrogens with zero attached hydrogens (tertiary/aromatic N) is 4. The number of carbonyl (C=O) groups excluding carboxylic acids is 2. The van der Waals surface area contributed by atoms with E-state index in [0.717, 1.165) is 25.1 Å². The number of anilines is 1. The first kappa shape index (κ1) is 22.2. The summed E-state index contributed by atoms with van der Waals surface area (Å²) < 4.78 is 43.5. The van der Waals surface area contributed by atoms with E-state index >= 15 is 0 Å². The highest BCUT2D eigenvalue weighted by molar-refractivity contribution is 5.92. The van der Waals surface area contributed by atoms with E-state index in [1.54, 1.807) is 21.9 Å². The number of hydrogen-bond acceptors (Lipinski definition) is 5. The molecule has 32 heavy (non-hydrogen) atoms. The predicted molar refractivity (Wildman–Crippen MR) is 110 cm³/mol. The van der Waals surface area contributed by atoms with Crippen molar-refractivity contribution in [2.24, 2.45) is 5.92 Å². The predicted octanol–water partition coefficient (Wildman–Crippen LogP) is 3.28. The van der Waals surface area contributed by atoms with Gasteiger partial charge in [-0.05, 0) is 43.5 Å². The maximum absolute atomic E-state index is 13.2. The van der Waals surface area contributed by atoms with E-state index in [1.165, 1.54) is 12.3 Å². The second-order valence-electron chi connectivity index (χ2n) is 8.14. The van der Waals surface area contributed by atoms with Crippen LogP contribution in [0.2, 0.25) is 0 Å². The summed E-state index contributed by atoms with van der Waals surface area (Å²) in [5, 5.41) is 0. The summed E-state index contributed by atoms with van der Waals surface area (Å²) in [6.07, 6.45) is 0.0415. The van der Waals surface area contributed by atoms with Gasteiger partial charge in [0.1, 0.15) is 5.82 Å². The number of alkyl halides is 3. The number of piperidine rings is 1. The van der Waals surface area contributed by atoms with E-state index in [0.29, 0.717) is 51.5 Å². The van der Waals surface area contributed by atoms with E-state index < -0.39 is 11.7 Å². The van der Waals surface area contributed by atoms with Crippen LogP contribution in [-0.2, 0) is 11.0 Å². The minimum absolute atomic E-state index is 0.0178. The molecule has 2 fully saturated rings. The Kier molecular flexibility index (Phi) is 6.38. The van der Waals surface area contributed by atoms with Crippen molar-refractivity contribution in [2.75, 3.05) is 44.2 Å². The number of rotatable bonds is 3. The van der Waals surface area contributed by atoms with Crippen molar-refractivity contribution in [1.29, 1.82) is 0 Å². The van der Waals surface area contributed by atoms with Crippen molar-refractivity contribution in [1.82, 2.24) is 14.8 Å². The zero-order valence-electron chi connectivity index (χ0n) is 17.6. The zero-order valence-corrected chi connectivity index (χ0v) is 17.6. The van der Waals surface area contributed by atoms with Crippen LogP contribution in [0.4, 0.5) is 19.0 Å². The van der Waals surface area contributed by atoms with Gasteiger partial charge in [0.25, 0.3) is 5.91 Å². The van der Waals surface area contributed by atoms with Crippen LogP contribution in [0.15, 0.2) is 41.1 Å². The van der Waals surface area contributed by atoms with Gasteiger partial charge >= 0.3 is 6.18 Å². The number of hydrogen-bond donors (Lipinski definition) is 0. The lowest BCUT2D eigenvalue weighted by Gasteiger charge is -2.34. The van der Waals surface area contributed by atoms with Crippen LogP contribution in [0.3, 0.4) is 0 Å². The minimum Gasteiger partial charge on any atom is -0.459 e. The molecule has 4 rings (SSSR count). The molecule has 2 aliphatic rings. The molecule has 2 saturated heterocycles. The van der Waals surface area contributed by atoms with Crippen molar-refractivity contribution in [2.45, 2.75) is 25.4 Å². The standard InChI is InChI=1S/C22H25F3N4O3/c23-22(24,25)17-6-7-19(26-14-17)27-9-3-10-28(12-11-27)20(30)16-4-1-8-29(15-16)21(31)18-5-2-13-32-18/h2,5-7,13-14,16H,1,3-4,8-12,15H2. The first-order chi connectivity index (χ1) is 15.3. The normalized spacial score (nSPS) is 20.2. The third-order valence-corrected chi connectivity index (χ3v) is 6.00. The fourth-order valence-electron chi connectivity index (χ4n) is 4.29. The van der Waals surface area contributed by atoms with Crippen LogP contribution in [-0.4, -0.2) is 65.9 Å². The maximum Gasteiger partial charge on any atom is 0.417 e. The first-order valence-corrected chi connectivity index (χ1v) is 10.7. The van der Waals surface area contributed by atoms with Gasteiger partial charge in [-0.15, -0.1) is 0 Å². The first-order valence-electron chi connectivity index (χ1n) is 10.7. The van der Waals surface area contributed by atoms with Crippen molar-refractivity contribution in [3.05, 3.63) is 48.0 Å². The molecule has 4 heterocycles. The lowest BCUT2D eigenvalue weighted by Crippen LogP contribution is -2.47. The molecule has 7 nitrogen and oxygen atoms in total. The van der Waals surface area contributed by atoms with Crippen LogP contribution in [0.5, 0.6) is 0 Å². The molecule has 0 aliphatic carbocycles. The number of carbonyl (C=O) groups is 2. The summed E-state index contributed by atoms with van der Waals surface area (Å²) in [6, 6.07) is 5.68. The van der Waals surface area contributed by atoms with Crippen molar-refractivity contribution < 1.29 is 27.2 Å². The number of amides is 2. The second kappa shape index (κ2) is 9.22. The minimum atomic E-state index is -4.42. The highest BCUT2D eigenvalue weighted by atomic mass is 19.4. The molecule has 2 aromatic heterocycles. The van der Waals surface area contributed by atoms with Gasteiger partial charge in [0.2, 0.25) is 5.91 Å². The Morgan fingerprint density at radius 3 is 2.50 bits per heavy atom. The number of aromatic nitrogens is 1. The fraction of sp³-hybridized carbons (Fsp3) is 0.500. The van der Waals surface area contributed by atoms with E-state index in [2.05, 4.69) is 4.98 Å². The number of halogens is 3. The molecule has 1 unspecified atom stereocenters. The Balaban J connectivity index is 1.35. The van der Waals surface area contributed by atoms with Crippen LogP contribution in [0, 0.1) is 5.92 Å². The third kappa shape index (κ3) is 4.89. The van der Waals surface area contributed by atoms with Crippen molar-refractivity contribution in [3.63, 3.8) is 0 Å². The van der Waals surface area contributed by atoms with Crippen molar-refractivity contribution in [3.8, 4) is 0 Å². The summed E-state index contributed by atoms with van der Waals surface area (Å²) in [7, 11) is 0. The SMILES string of the molecule is O=C(c1ccco1)N1CCCC(C(=O)N2CCCN(c3ccc(C(F)(F)F)cn3)CC2)C1. The quantitative estimate of drug-likeness (QED) is 0.718. The molecule has 0 aromatic carbocycles. The van der Waals surface area contributed by atoms with Gasteiger partial charge in [-0.1, -0.05) is 0 Å². The molecule has 1 atom stereocenters. The molecule has 0 spiro atoms. The molecule has 2 amide bonds. The van der Waals surface area contributed by atoms with Gasteiger partial charge in [0.15, 0.2) is 5.76 Å². The average Bonchev–Trinajstić information content (AvgIpc) is 3.22. The largest absolute Gasteiger partial charge is 0.459 e. The highest BCUT2D eigenvalue weighted by Gasteiger charge is 2.33. The molecule has 0 bridgehead atoms. The van der Waals surface area contributed by atoms with Gasteiger partial charge in [-0.25, -0.2) is 4.98 Å². The fourth-order valence-corrected chi connectivity index (χ4v) is 4.29. The average molecular weight is 450 g/mol. The topological polar surface area (TPSA) is 69.9 Å². The molecule has 0 radical (unpaired) electrons. The van der Waals surface area contributed by atoms with Crippen LogP contribution in [0.1, 0.15) is 35.4 Å². The van der Waals surface area contributed by atoms with Gasteiger partial charge in [-0.2, -0.15) is 13.2 Å². The number of likely N-dealkylation sites (tertiary alicyclic amines) is 1. The monoisotopic (exact) mass is 450 g/mol. The summed E-state index contributed by atoms with van der Waals surface area (Å²) in [5.74, 6) is 0.290. The van der Waals surface area contributed by atoms with E-state index in [4.69, 9.17) is 4.42 Å².